The molecule has 0 heterocycles. The summed E-state index contributed by atoms with van der Waals surface area (Å²) in [5, 5.41) is 3.96. The molecule has 2 atom stereocenters. The van der Waals surface area contributed by atoms with Gasteiger partial charge in [0, 0.05) is 27.9 Å². The van der Waals surface area contributed by atoms with Crippen molar-refractivity contribution >= 4 is 23.1 Å². The Labute approximate surface area is 125 Å². The molecule has 1 aromatic carbocycles. The Hall–Kier alpha value is -1.28. The molecule has 2 aliphatic rings. The maximum absolute atomic E-state index is 12.7. The first kappa shape index (κ1) is 13.7. The third kappa shape index (κ3) is 1.74. The van der Waals surface area contributed by atoms with Crippen molar-refractivity contribution in [3.8, 4) is 0 Å². The summed E-state index contributed by atoms with van der Waals surface area (Å²) in [4.78, 5) is 12.7. The number of carbonyl (C=O) groups is 1. The molecule has 0 unspecified atom stereocenters. The third-order valence-corrected chi connectivity index (χ3v) is 5.86. The Morgan fingerprint density at radius 2 is 1.90 bits per heavy atom. The van der Waals surface area contributed by atoms with Gasteiger partial charge in [-0.15, -0.1) is 0 Å². The number of ketones is 1. The lowest BCUT2D eigenvalue weighted by Crippen LogP contribution is -2.32. The van der Waals surface area contributed by atoms with Gasteiger partial charge in [-0.3, -0.25) is 4.79 Å². The van der Waals surface area contributed by atoms with E-state index in [1.807, 2.05) is 30.5 Å². The van der Waals surface area contributed by atoms with Gasteiger partial charge in [0.15, 0.2) is 5.78 Å². The monoisotopic (exact) mass is 289 g/mol. The normalized spacial score (nSPS) is 32.9. The Morgan fingerprint density at radius 1 is 1.25 bits per heavy atom. The van der Waals surface area contributed by atoms with E-state index in [1.165, 1.54) is 0 Å². The molecule has 106 valence electrons. The molecule has 0 aromatic heterocycles. The van der Waals surface area contributed by atoms with E-state index in [-0.39, 0.29) is 10.8 Å². The maximum atomic E-state index is 12.7. The van der Waals surface area contributed by atoms with Gasteiger partial charge < -0.3 is 5.32 Å². The number of rotatable bonds is 2. The van der Waals surface area contributed by atoms with Crippen LogP contribution in [0, 0.1) is 16.7 Å². The smallest absolute Gasteiger partial charge is 0.167 e. The lowest BCUT2D eigenvalue weighted by molar-refractivity contribution is -0.125. The summed E-state index contributed by atoms with van der Waals surface area (Å²) in [7, 11) is 0. The van der Waals surface area contributed by atoms with Gasteiger partial charge in [-0.2, -0.15) is 0 Å². The minimum Gasteiger partial charge on any atom is -0.361 e. The van der Waals surface area contributed by atoms with E-state index in [1.54, 1.807) is 0 Å². The van der Waals surface area contributed by atoms with Crippen LogP contribution in [0.3, 0.4) is 0 Å². The molecule has 1 aromatic rings. The summed E-state index contributed by atoms with van der Waals surface area (Å²) in [6.07, 6.45) is 4.04. The van der Waals surface area contributed by atoms with Gasteiger partial charge in [0.25, 0.3) is 0 Å². The van der Waals surface area contributed by atoms with Crippen LogP contribution in [-0.2, 0) is 4.79 Å². The van der Waals surface area contributed by atoms with Crippen molar-refractivity contribution in [1.82, 2.24) is 0 Å². The molecular weight excluding hydrogens is 270 g/mol. The van der Waals surface area contributed by atoms with E-state index in [2.05, 4.69) is 26.1 Å². The van der Waals surface area contributed by atoms with Crippen LogP contribution < -0.4 is 5.32 Å². The van der Waals surface area contributed by atoms with Crippen LogP contribution in [0.15, 0.2) is 36.0 Å². The number of nitrogens with one attached hydrogen (secondary N) is 1. The number of anilines is 1. The van der Waals surface area contributed by atoms with Gasteiger partial charge in [-0.25, -0.2) is 0 Å². The number of fused-ring (bicyclic) bond motifs is 2. The van der Waals surface area contributed by atoms with Crippen molar-refractivity contribution in [1.29, 1.82) is 0 Å². The van der Waals surface area contributed by atoms with Crippen molar-refractivity contribution in [3.05, 3.63) is 41.1 Å². The van der Waals surface area contributed by atoms with Crippen LogP contribution in [0.25, 0.3) is 0 Å². The lowest BCUT2D eigenvalue weighted by atomic mass is 9.70. The summed E-state index contributed by atoms with van der Waals surface area (Å²) < 4.78 is 0. The second kappa shape index (κ2) is 4.36. The zero-order chi connectivity index (χ0) is 14.5. The lowest BCUT2D eigenvalue weighted by Gasteiger charge is -2.31. The predicted octanol–water partition coefficient (Wildman–Crippen LogP) is 4.66. The Morgan fingerprint density at radius 3 is 2.45 bits per heavy atom. The topological polar surface area (TPSA) is 29.1 Å². The van der Waals surface area contributed by atoms with E-state index < -0.39 is 0 Å². The number of benzene rings is 1. The number of Topliss-reactive ketones (excluding diaryl/α,β-unsaturated/α-hetero) is 1. The molecule has 0 aliphatic heterocycles. The average molecular weight is 290 g/mol. The first-order valence-corrected chi connectivity index (χ1v) is 7.51. The molecule has 20 heavy (non-hydrogen) atoms. The van der Waals surface area contributed by atoms with Gasteiger partial charge in [0.2, 0.25) is 0 Å². The van der Waals surface area contributed by atoms with Crippen molar-refractivity contribution in [2.24, 2.45) is 16.7 Å². The molecule has 0 amide bonds. The molecule has 2 saturated carbocycles. The van der Waals surface area contributed by atoms with Crippen molar-refractivity contribution in [3.63, 3.8) is 0 Å². The van der Waals surface area contributed by atoms with Gasteiger partial charge in [-0.05, 0) is 48.4 Å². The zero-order valence-corrected chi connectivity index (χ0v) is 12.9. The van der Waals surface area contributed by atoms with E-state index in [0.29, 0.717) is 16.7 Å². The highest BCUT2D eigenvalue weighted by Crippen LogP contribution is 2.65. The van der Waals surface area contributed by atoms with Crippen LogP contribution in [0.1, 0.15) is 33.6 Å². The third-order valence-electron chi connectivity index (χ3n) is 5.60. The average Bonchev–Trinajstić information content (AvgIpc) is 2.71. The largest absolute Gasteiger partial charge is 0.361 e. The standard InChI is InChI=1S/C17H20ClNO/c1-16(2)14-8-9-17(16,3)15(20)13(14)10-19-12-6-4-11(18)5-7-12/h4-7,10,14,19H,8-9H2,1-3H3/b13-10-/t14-,17+/m1/s1. The summed E-state index contributed by atoms with van der Waals surface area (Å²) in [5.74, 6) is 0.694. The fourth-order valence-corrected chi connectivity index (χ4v) is 3.93. The number of allylic oxidation sites excluding steroid dienone is 1. The second-order valence-corrected chi connectivity index (χ2v) is 7.16. The van der Waals surface area contributed by atoms with E-state index in [0.717, 1.165) is 24.1 Å². The van der Waals surface area contributed by atoms with Crippen molar-refractivity contribution < 1.29 is 4.79 Å². The molecule has 0 saturated heterocycles. The molecule has 2 fully saturated rings. The first-order valence-electron chi connectivity index (χ1n) is 7.13. The zero-order valence-electron chi connectivity index (χ0n) is 12.2. The van der Waals surface area contributed by atoms with Gasteiger partial charge in [0.1, 0.15) is 0 Å². The van der Waals surface area contributed by atoms with Gasteiger partial charge >= 0.3 is 0 Å². The van der Waals surface area contributed by atoms with Gasteiger partial charge in [0.05, 0.1) is 0 Å². The second-order valence-electron chi connectivity index (χ2n) is 6.73. The molecule has 1 N–H and O–H groups in total. The van der Waals surface area contributed by atoms with E-state index in [9.17, 15) is 4.79 Å². The molecule has 2 aliphatic carbocycles. The van der Waals surface area contributed by atoms with E-state index >= 15 is 0 Å². The number of hydrogen-bond acceptors (Lipinski definition) is 2. The maximum Gasteiger partial charge on any atom is 0.167 e. The van der Waals surface area contributed by atoms with Gasteiger partial charge in [-0.1, -0.05) is 32.4 Å². The Balaban J connectivity index is 1.87. The Kier molecular flexibility index (Phi) is 2.98. The minimum atomic E-state index is -0.189. The highest BCUT2D eigenvalue weighted by molar-refractivity contribution is 6.30. The van der Waals surface area contributed by atoms with Crippen molar-refractivity contribution in [2.45, 2.75) is 33.6 Å². The SMILES string of the molecule is CC1(C)[C@@H]2CC[C@@]1(C)C(=O)/C2=C\Nc1ccc(Cl)cc1. The summed E-state index contributed by atoms with van der Waals surface area (Å²) in [6, 6.07) is 7.53. The van der Waals surface area contributed by atoms with Crippen molar-refractivity contribution in [2.75, 3.05) is 5.32 Å². The van der Waals surface area contributed by atoms with Crippen LogP contribution in [0.5, 0.6) is 0 Å². The molecule has 0 radical (unpaired) electrons. The van der Waals surface area contributed by atoms with Crippen LogP contribution >= 0.6 is 11.6 Å². The van der Waals surface area contributed by atoms with Crippen LogP contribution in [0.2, 0.25) is 5.02 Å². The minimum absolute atomic E-state index is 0.0671. The molecule has 0 spiro atoms. The fourth-order valence-electron chi connectivity index (χ4n) is 3.80. The number of carbonyl (C=O) groups excluding carboxylic acids is 1. The molecule has 2 bridgehead atoms. The molecule has 3 heteroatoms. The highest BCUT2D eigenvalue weighted by Gasteiger charge is 2.63. The predicted molar refractivity (Wildman–Crippen MR) is 82.8 cm³/mol. The fraction of sp³-hybridized carbons (Fsp3) is 0.471. The summed E-state index contributed by atoms with van der Waals surface area (Å²) in [6.45, 7) is 6.58. The molecule has 3 rings (SSSR count). The van der Waals surface area contributed by atoms with E-state index in [4.69, 9.17) is 11.6 Å². The number of hydrogen-bond donors (Lipinski definition) is 1. The summed E-state index contributed by atoms with van der Waals surface area (Å²) >= 11 is 5.87. The summed E-state index contributed by atoms with van der Waals surface area (Å²) in [5.41, 5.74) is 1.79. The first-order chi connectivity index (χ1) is 9.36. The highest BCUT2D eigenvalue weighted by atomic mass is 35.5. The quantitative estimate of drug-likeness (QED) is 0.802. The Bertz CT molecular complexity index is 588. The molecule has 2 nitrogen and oxygen atoms in total. The van der Waals surface area contributed by atoms with Crippen LogP contribution in [-0.4, -0.2) is 5.78 Å². The van der Waals surface area contributed by atoms with Crippen LogP contribution in [0.4, 0.5) is 5.69 Å². The number of halogens is 1. The molecular formula is C17H20ClNO.